The van der Waals surface area contributed by atoms with Crippen molar-refractivity contribution in [2.24, 2.45) is 0 Å². The van der Waals surface area contributed by atoms with Gasteiger partial charge < -0.3 is 10.4 Å². The predicted octanol–water partition coefficient (Wildman–Crippen LogP) is 3.09. The van der Waals surface area contributed by atoms with Crippen LogP contribution in [-0.2, 0) is 0 Å². The molecule has 0 aliphatic carbocycles. The number of amides is 1. The van der Waals surface area contributed by atoms with Crippen LogP contribution in [0.3, 0.4) is 0 Å². The van der Waals surface area contributed by atoms with Gasteiger partial charge in [0.15, 0.2) is 11.4 Å². The number of para-hydroxylation sites is 1. The molecule has 8 heteroatoms. The van der Waals surface area contributed by atoms with Gasteiger partial charge in [-0.15, -0.1) is 0 Å². The van der Waals surface area contributed by atoms with Gasteiger partial charge in [0.2, 0.25) is 0 Å². The second-order valence-corrected chi connectivity index (χ2v) is 5.95. The van der Waals surface area contributed by atoms with E-state index in [0.717, 1.165) is 15.2 Å². The highest BCUT2D eigenvalue weighted by molar-refractivity contribution is 9.10. The molecule has 0 unspecified atom stereocenters. The number of aromatic nitrogens is 2. The lowest BCUT2D eigenvalue weighted by atomic mass is 10.2. The van der Waals surface area contributed by atoms with E-state index in [2.05, 4.69) is 26.3 Å². The van der Waals surface area contributed by atoms with E-state index in [1.165, 1.54) is 18.2 Å². The van der Waals surface area contributed by atoms with E-state index in [1.807, 2.05) is 0 Å². The molecule has 0 aliphatic rings. The summed E-state index contributed by atoms with van der Waals surface area (Å²) >= 11 is 3.28. The zero-order chi connectivity index (χ0) is 18.0. The van der Waals surface area contributed by atoms with Crippen LogP contribution in [0.25, 0.3) is 5.69 Å². The van der Waals surface area contributed by atoms with Gasteiger partial charge in [-0.25, -0.2) is 4.39 Å². The van der Waals surface area contributed by atoms with Gasteiger partial charge in [0.05, 0.1) is 11.4 Å². The summed E-state index contributed by atoms with van der Waals surface area (Å²) in [7, 11) is 0. The van der Waals surface area contributed by atoms with Crippen LogP contribution in [0.5, 0.6) is 5.75 Å². The average Bonchev–Trinajstić information content (AvgIpc) is 2.58. The average molecular weight is 404 g/mol. The van der Waals surface area contributed by atoms with Crippen molar-refractivity contribution in [1.29, 1.82) is 0 Å². The molecule has 25 heavy (non-hydrogen) atoms. The molecule has 0 radical (unpaired) electrons. The number of hydrogen-bond acceptors (Lipinski definition) is 4. The molecule has 0 aliphatic heterocycles. The first kappa shape index (κ1) is 16.8. The van der Waals surface area contributed by atoms with Crippen molar-refractivity contribution < 1.29 is 14.3 Å². The van der Waals surface area contributed by atoms with Gasteiger partial charge in [-0.2, -0.15) is 9.78 Å². The first-order valence-electron chi connectivity index (χ1n) is 7.11. The molecular weight excluding hydrogens is 393 g/mol. The molecule has 2 N–H and O–H groups in total. The van der Waals surface area contributed by atoms with Gasteiger partial charge in [0, 0.05) is 10.5 Å². The Morgan fingerprint density at radius 2 is 1.84 bits per heavy atom. The highest BCUT2D eigenvalue weighted by Crippen LogP contribution is 2.18. The first-order chi connectivity index (χ1) is 12.0. The van der Waals surface area contributed by atoms with Crippen molar-refractivity contribution in [3.05, 3.63) is 80.9 Å². The summed E-state index contributed by atoms with van der Waals surface area (Å²) in [6, 6.07) is 13.1. The second kappa shape index (κ2) is 6.86. The maximum absolute atomic E-state index is 13.7. The minimum absolute atomic E-state index is 0.0601. The zero-order valence-electron chi connectivity index (χ0n) is 12.6. The Morgan fingerprint density at radius 1 is 1.16 bits per heavy atom. The van der Waals surface area contributed by atoms with Crippen molar-refractivity contribution in [3.8, 4) is 11.4 Å². The lowest BCUT2D eigenvalue weighted by molar-refractivity contribution is 0.101. The number of nitrogens with zero attached hydrogens (tertiary/aromatic N) is 2. The molecule has 0 bridgehead atoms. The Kier molecular flexibility index (Phi) is 4.62. The van der Waals surface area contributed by atoms with Crippen LogP contribution < -0.4 is 10.9 Å². The molecule has 0 atom stereocenters. The SMILES string of the molecule is O=C(Nc1ccccc1F)c1nn(-c2ccc(Br)cc2)c(=O)cc1O. The standard InChI is InChI=1S/C17H11BrFN3O3/c18-10-5-7-11(8-6-10)22-15(24)9-14(23)16(21-22)17(25)20-13-4-2-1-3-12(13)19/h1-9,23H,(H,20,25). The molecular formula is C17H11BrFN3O3. The highest BCUT2D eigenvalue weighted by atomic mass is 79.9. The fraction of sp³-hybridized carbons (Fsp3) is 0. The predicted molar refractivity (Wildman–Crippen MR) is 93.6 cm³/mol. The molecule has 3 rings (SSSR count). The topological polar surface area (TPSA) is 84.2 Å². The highest BCUT2D eigenvalue weighted by Gasteiger charge is 2.18. The molecule has 6 nitrogen and oxygen atoms in total. The number of rotatable bonds is 3. The number of carbonyl (C=O) groups is 1. The molecule has 1 aromatic heterocycles. The van der Waals surface area contributed by atoms with Crippen LogP contribution in [0, 0.1) is 5.82 Å². The van der Waals surface area contributed by atoms with Crippen molar-refractivity contribution in [2.45, 2.75) is 0 Å². The van der Waals surface area contributed by atoms with Crippen molar-refractivity contribution in [3.63, 3.8) is 0 Å². The molecule has 1 amide bonds. The molecule has 0 saturated heterocycles. The Labute approximate surface area is 149 Å². The molecule has 3 aromatic rings. The lowest BCUT2D eigenvalue weighted by Gasteiger charge is -2.10. The van der Waals surface area contributed by atoms with Gasteiger partial charge >= 0.3 is 0 Å². The van der Waals surface area contributed by atoms with Crippen molar-refractivity contribution >= 4 is 27.5 Å². The lowest BCUT2D eigenvalue weighted by Crippen LogP contribution is -2.25. The summed E-state index contributed by atoms with van der Waals surface area (Å²) < 4.78 is 15.4. The number of hydrogen-bond donors (Lipinski definition) is 2. The van der Waals surface area contributed by atoms with Gasteiger partial charge in [-0.05, 0) is 36.4 Å². The minimum atomic E-state index is -0.839. The van der Waals surface area contributed by atoms with Crippen LogP contribution in [0.1, 0.15) is 10.5 Å². The minimum Gasteiger partial charge on any atom is -0.505 e. The molecule has 0 saturated carbocycles. The van der Waals surface area contributed by atoms with Crippen LogP contribution in [-0.4, -0.2) is 20.8 Å². The number of carbonyl (C=O) groups excluding carboxylic acids is 1. The van der Waals surface area contributed by atoms with Crippen LogP contribution in [0.2, 0.25) is 0 Å². The number of anilines is 1. The third kappa shape index (κ3) is 3.58. The summed E-state index contributed by atoms with van der Waals surface area (Å²) in [5.41, 5.74) is -0.656. The second-order valence-electron chi connectivity index (χ2n) is 5.04. The van der Waals surface area contributed by atoms with Crippen molar-refractivity contribution in [2.75, 3.05) is 5.32 Å². The Hall–Kier alpha value is -3.00. The summed E-state index contributed by atoms with van der Waals surface area (Å²) in [5.74, 6) is -2.06. The van der Waals surface area contributed by atoms with Gasteiger partial charge in [-0.1, -0.05) is 28.1 Å². The molecule has 0 spiro atoms. The van der Waals surface area contributed by atoms with E-state index in [0.29, 0.717) is 5.69 Å². The fourth-order valence-corrected chi connectivity index (χ4v) is 2.38. The van der Waals surface area contributed by atoms with Gasteiger partial charge in [0.1, 0.15) is 5.82 Å². The summed E-state index contributed by atoms with van der Waals surface area (Å²) in [6.45, 7) is 0. The summed E-state index contributed by atoms with van der Waals surface area (Å²) in [6.07, 6.45) is 0. The number of nitrogens with one attached hydrogen (secondary N) is 1. The third-order valence-electron chi connectivity index (χ3n) is 3.32. The third-order valence-corrected chi connectivity index (χ3v) is 3.85. The number of aromatic hydroxyl groups is 1. The Bertz CT molecular complexity index is 1000. The largest absolute Gasteiger partial charge is 0.505 e. The number of halogens is 2. The first-order valence-corrected chi connectivity index (χ1v) is 7.90. The normalized spacial score (nSPS) is 10.5. The maximum atomic E-state index is 13.7. The van der Waals surface area contributed by atoms with E-state index in [1.54, 1.807) is 30.3 Å². The molecule has 2 aromatic carbocycles. The smallest absolute Gasteiger partial charge is 0.280 e. The van der Waals surface area contributed by atoms with E-state index in [9.17, 15) is 19.1 Å². The van der Waals surface area contributed by atoms with Crippen LogP contribution in [0.15, 0.2) is 63.9 Å². The summed E-state index contributed by atoms with van der Waals surface area (Å²) in [4.78, 5) is 24.4. The quantitative estimate of drug-likeness (QED) is 0.703. The summed E-state index contributed by atoms with van der Waals surface area (Å²) in [5, 5.41) is 16.1. The molecule has 1 heterocycles. The van der Waals surface area contributed by atoms with E-state index < -0.39 is 28.7 Å². The molecule has 126 valence electrons. The van der Waals surface area contributed by atoms with Crippen molar-refractivity contribution in [1.82, 2.24) is 9.78 Å². The number of benzene rings is 2. The van der Waals surface area contributed by atoms with Gasteiger partial charge in [0.25, 0.3) is 11.5 Å². The van der Waals surface area contributed by atoms with Crippen LogP contribution >= 0.6 is 15.9 Å². The van der Waals surface area contributed by atoms with E-state index in [4.69, 9.17) is 0 Å². The van der Waals surface area contributed by atoms with E-state index >= 15 is 0 Å². The monoisotopic (exact) mass is 403 g/mol. The maximum Gasteiger partial charge on any atom is 0.280 e. The van der Waals surface area contributed by atoms with E-state index in [-0.39, 0.29) is 5.69 Å². The fourth-order valence-electron chi connectivity index (χ4n) is 2.12. The zero-order valence-corrected chi connectivity index (χ0v) is 14.2. The van der Waals surface area contributed by atoms with Gasteiger partial charge in [-0.3, -0.25) is 9.59 Å². The Balaban J connectivity index is 2.00. The van der Waals surface area contributed by atoms with Crippen LogP contribution in [0.4, 0.5) is 10.1 Å². The Morgan fingerprint density at radius 3 is 2.52 bits per heavy atom. The molecule has 0 fully saturated rings.